The summed E-state index contributed by atoms with van der Waals surface area (Å²) in [4.78, 5) is 10.8. The van der Waals surface area contributed by atoms with Crippen LogP contribution < -0.4 is 10.4 Å². The third kappa shape index (κ3) is 6.15. The van der Waals surface area contributed by atoms with Crippen molar-refractivity contribution in [1.82, 2.24) is 5.43 Å². The predicted octanol–water partition coefficient (Wildman–Crippen LogP) is 1.65. The van der Waals surface area contributed by atoms with Crippen molar-refractivity contribution >= 4 is 23.8 Å². The number of anilines is 1. The van der Waals surface area contributed by atoms with Gasteiger partial charge < -0.3 is 15.2 Å². The molecular weight excluding hydrogens is 310 g/mol. The second-order valence-corrected chi connectivity index (χ2v) is 4.69. The van der Waals surface area contributed by atoms with Crippen LogP contribution in [0.4, 0.5) is 11.4 Å². The van der Waals surface area contributed by atoms with Gasteiger partial charge in [-0.2, -0.15) is 0 Å². The van der Waals surface area contributed by atoms with E-state index in [9.17, 15) is 10.1 Å². The summed E-state index contributed by atoms with van der Waals surface area (Å²) >= 11 is 0. The molecule has 7 nitrogen and oxygen atoms in total. The van der Waals surface area contributed by atoms with Crippen LogP contribution in [0.1, 0.15) is 25.3 Å². The number of aliphatic hydroxyl groups excluding tert-OH is 2. The monoisotopic (exact) mass is 333 g/mol. The number of aliphatic hydroxyl groups is 2. The fourth-order valence-electron chi connectivity index (χ4n) is 1.99. The number of nitro benzene ring substituents is 1. The van der Waals surface area contributed by atoms with Gasteiger partial charge in [0.25, 0.3) is 5.69 Å². The Morgan fingerprint density at radius 2 is 2.05 bits per heavy atom. The molecule has 0 aromatic heterocycles. The second-order valence-electron chi connectivity index (χ2n) is 4.69. The van der Waals surface area contributed by atoms with Gasteiger partial charge in [0, 0.05) is 32.4 Å². The molecule has 0 fully saturated rings. The topological polar surface area (TPSA) is 98.9 Å². The Hall–Kier alpha value is -1.41. The first-order chi connectivity index (χ1) is 10.1. The van der Waals surface area contributed by atoms with Gasteiger partial charge in [-0.25, -0.2) is 5.43 Å². The van der Waals surface area contributed by atoms with Gasteiger partial charge in [-0.3, -0.25) is 10.1 Å². The second kappa shape index (κ2) is 11.2. The summed E-state index contributed by atoms with van der Waals surface area (Å²) in [5, 5.41) is 30.9. The van der Waals surface area contributed by atoms with E-state index in [1.807, 2.05) is 6.92 Å². The predicted molar refractivity (Wildman–Crippen MR) is 88.5 cm³/mol. The fourth-order valence-corrected chi connectivity index (χ4v) is 1.99. The number of nitro groups is 1. The van der Waals surface area contributed by atoms with Crippen molar-refractivity contribution in [2.75, 3.05) is 31.3 Å². The average molecular weight is 334 g/mol. The van der Waals surface area contributed by atoms with Crippen LogP contribution in [0.3, 0.4) is 0 Å². The van der Waals surface area contributed by atoms with Crippen LogP contribution in [0.25, 0.3) is 0 Å². The van der Waals surface area contributed by atoms with E-state index in [1.165, 1.54) is 6.07 Å². The largest absolute Gasteiger partial charge is 0.396 e. The SMILES string of the molecule is CCCNN(CCCO)c1ccc(CCO)cc1[N+](=O)[O-].Cl. The van der Waals surface area contributed by atoms with Crippen LogP contribution in [-0.2, 0) is 6.42 Å². The molecule has 0 heterocycles. The molecule has 0 aliphatic rings. The Labute approximate surface area is 136 Å². The van der Waals surface area contributed by atoms with Crippen molar-refractivity contribution in [1.29, 1.82) is 0 Å². The lowest BCUT2D eigenvalue weighted by atomic mass is 10.1. The van der Waals surface area contributed by atoms with Crippen LogP contribution in [0.15, 0.2) is 18.2 Å². The minimum atomic E-state index is -0.421. The van der Waals surface area contributed by atoms with Gasteiger partial charge in [-0.1, -0.05) is 13.0 Å². The molecule has 8 heteroatoms. The van der Waals surface area contributed by atoms with E-state index in [2.05, 4.69) is 5.43 Å². The van der Waals surface area contributed by atoms with Gasteiger partial charge in [0.2, 0.25) is 0 Å². The van der Waals surface area contributed by atoms with Crippen LogP contribution in [0.5, 0.6) is 0 Å². The average Bonchev–Trinajstić information content (AvgIpc) is 2.48. The molecule has 1 rings (SSSR count). The molecule has 22 heavy (non-hydrogen) atoms. The fraction of sp³-hybridized carbons (Fsp3) is 0.571. The number of nitrogens with zero attached hydrogens (tertiary/aromatic N) is 2. The summed E-state index contributed by atoms with van der Waals surface area (Å²) in [5.74, 6) is 0. The highest BCUT2D eigenvalue weighted by Gasteiger charge is 2.19. The maximum Gasteiger partial charge on any atom is 0.294 e. The van der Waals surface area contributed by atoms with Crippen LogP contribution in [-0.4, -0.2) is 41.4 Å². The number of hydrazine groups is 1. The lowest BCUT2D eigenvalue weighted by Crippen LogP contribution is -2.40. The minimum Gasteiger partial charge on any atom is -0.396 e. The quantitative estimate of drug-likeness (QED) is 0.445. The molecule has 1 aromatic carbocycles. The number of hydrogen-bond acceptors (Lipinski definition) is 6. The molecule has 0 aliphatic carbocycles. The molecule has 0 bridgehead atoms. The molecule has 0 saturated carbocycles. The third-order valence-corrected chi connectivity index (χ3v) is 3.02. The minimum absolute atomic E-state index is 0. The normalized spacial score (nSPS) is 10.1. The first-order valence-electron chi connectivity index (χ1n) is 7.14. The first kappa shape index (κ1) is 20.6. The van der Waals surface area contributed by atoms with Gasteiger partial charge in [0.15, 0.2) is 0 Å². The van der Waals surface area contributed by atoms with Gasteiger partial charge in [0.1, 0.15) is 5.69 Å². The summed E-state index contributed by atoms with van der Waals surface area (Å²) < 4.78 is 0. The molecule has 126 valence electrons. The molecule has 0 saturated heterocycles. The van der Waals surface area contributed by atoms with Gasteiger partial charge in [-0.15, -0.1) is 12.4 Å². The molecule has 0 spiro atoms. The van der Waals surface area contributed by atoms with Crippen LogP contribution in [0.2, 0.25) is 0 Å². The van der Waals surface area contributed by atoms with Crippen LogP contribution in [0, 0.1) is 10.1 Å². The molecule has 0 amide bonds. The van der Waals surface area contributed by atoms with E-state index in [4.69, 9.17) is 10.2 Å². The number of nitrogens with one attached hydrogen (secondary N) is 1. The van der Waals surface area contributed by atoms with Crippen molar-refractivity contribution < 1.29 is 15.1 Å². The highest BCUT2D eigenvalue weighted by atomic mass is 35.5. The Morgan fingerprint density at radius 1 is 1.32 bits per heavy atom. The van der Waals surface area contributed by atoms with Crippen molar-refractivity contribution in [3.05, 3.63) is 33.9 Å². The summed E-state index contributed by atoms with van der Waals surface area (Å²) in [5.41, 5.74) is 4.34. The zero-order chi connectivity index (χ0) is 15.7. The van der Waals surface area contributed by atoms with Gasteiger partial charge >= 0.3 is 0 Å². The molecule has 3 N–H and O–H groups in total. The number of rotatable bonds is 10. The highest BCUT2D eigenvalue weighted by molar-refractivity contribution is 5.85. The van der Waals surface area contributed by atoms with E-state index in [0.29, 0.717) is 31.6 Å². The molecule has 0 atom stereocenters. The number of benzene rings is 1. The lowest BCUT2D eigenvalue weighted by Gasteiger charge is -2.25. The van der Waals surface area contributed by atoms with Crippen molar-refractivity contribution in [2.45, 2.75) is 26.2 Å². The molecular formula is C14H24ClN3O4. The Morgan fingerprint density at radius 3 is 2.59 bits per heavy atom. The lowest BCUT2D eigenvalue weighted by molar-refractivity contribution is -0.384. The van der Waals surface area contributed by atoms with Crippen molar-refractivity contribution in [2.24, 2.45) is 0 Å². The number of hydrogen-bond donors (Lipinski definition) is 3. The van der Waals surface area contributed by atoms with Gasteiger partial charge in [0.05, 0.1) is 4.92 Å². The smallest absolute Gasteiger partial charge is 0.294 e. The standard InChI is InChI=1S/C14H23N3O4.ClH/c1-2-7-15-16(8-3-9-18)13-5-4-12(6-10-19)11-14(13)17(20)21;/h4-5,11,15,18-19H,2-3,6-10H2,1H3;1H. The maximum atomic E-state index is 11.3. The summed E-state index contributed by atoms with van der Waals surface area (Å²) in [6.45, 7) is 3.17. The van der Waals surface area contributed by atoms with E-state index >= 15 is 0 Å². The summed E-state index contributed by atoms with van der Waals surface area (Å²) in [6, 6.07) is 4.95. The first-order valence-corrected chi connectivity index (χ1v) is 7.14. The van der Waals surface area contributed by atoms with E-state index in [0.717, 1.165) is 12.0 Å². The Bertz CT molecular complexity index is 452. The Kier molecular flexibility index (Phi) is 10.5. The zero-order valence-corrected chi connectivity index (χ0v) is 13.5. The van der Waals surface area contributed by atoms with Crippen LogP contribution >= 0.6 is 12.4 Å². The maximum absolute atomic E-state index is 11.3. The van der Waals surface area contributed by atoms with E-state index in [1.54, 1.807) is 17.1 Å². The van der Waals surface area contributed by atoms with Crippen molar-refractivity contribution in [3.63, 3.8) is 0 Å². The number of halogens is 1. The van der Waals surface area contributed by atoms with Gasteiger partial charge in [-0.05, 0) is 30.9 Å². The molecule has 0 radical (unpaired) electrons. The summed E-state index contributed by atoms with van der Waals surface area (Å²) in [6.07, 6.45) is 1.80. The van der Waals surface area contributed by atoms with E-state index < -0.39 is 4.92 Å². The Balaban J connectivity index is 0.00000441. The third-order valence-electron chi connectivity index (χ3n) is 3.02. The molecule has 0 unspecified atom stereocenters. The van der Waals surface area contributed by atoms with Crippen molar-refractivity contribution in [3.8, 4) is 0 Å². The van der Waals surface area contributed by atoms with E-state index in [-0.39, 0.29) is 31.3 Å². The molecule has 0 aliphatic heterocycles. The summed E-state index contributed by atoms with van der Waals surface area (Å²) in [7, 11) is 0. The molecule has 1 aromatic rings. The highest BCUT2D eigenvalue weighted by Crippen LogP contribution is 2.28. The zero-order valence-electron chi connectivity index (χ0n) is 12.7.